The number of halogens is 1. The largest absolute Gasteiger partial charge is 0.489 e. The molecule has 1 aliphatic rings. The van der Waals surface area contributed by atoms with Crippen LogP contribution in [0.25, 0.3) is 0 Å². The second-order valence-electron chi connectivity index (χ2n) is 10.6. The molecule has 0 bridgehead atoms. The quantitative estimate of drug-likeness (QED) is 0.0944. The fourth-order valence-electron chi connectivity index (χ4n) is 4.85. The molecule has 1 aromatic heterocycles. The third kappa shape index (κ3) is 8.52. The monoisotopic (exact) mass is 659 g/mol. The maximum atomic E-state index is 13.1. The first kappa shape index (κ1) is 32.7. The van der Waals surface area contributed by atoms with Crippen LogP contribution >= 0.6 is 22.9 Å². The Labute approximate surface area is 276 Å². The van der Waals surface area contributed by atoms with Gasteiger partial charge >= 0.3 is 5.97 Å². The molecule has 4 aromatic rings. The number of thiophene rings is 1. The van der Waals surface area contributed by atoms with E-state index in [4.69, 9.17) is 25.8 Å². The molecule has 1 aliphatic carbocycles. The number of nitrogens with zero attached hydrogens (tertiary/aromatic N) is 1. The van der Waals surface area contributed by atoms with Crippen molar-refractivity contribution in [2.24, 2.45) is 5.10 Å². The van der Waals surface area contributed by atoms with Crippen LogP contribution in [0.2, 0.25) is 5.02 Å². The van der Waals surface area contributed by atoms with Crippen molar-refractivity contribution in [1.29, 1.82) is 0 Å². The molecule has 0 saturated carbocycles. The van der Waals surface area contributed by atoms with E-state index in [2.05, 4.69) is 15.8 Å². The Morgan fingerprint density at radius 1 is 0.957 bits per heavy atom. The molecule has 9 nitrogen and oxygen atoms in total. The highest BCUT2D eigenvalue weighted by Gasteiger charge is 2.27. The fourth-order valence-corrected chi connectivity index (χ4v) is 6.25. The third-order valence-corrected chi connectivity index (χ3v) is 8.72. The van der Waals surface area contributed by atoms with Crippen molar-refractivity contribution in [3.05, 3.63) is 111 Å². The van der Waals surface area contributed by atoms with E-state index in [-0.39, 0.29) is 12.5 Å². The van der Waals surface area contributed by atoms with Crippen molar-refractivity contribution in [1.82, 2.24) is 5.43 Å². The number of amides is 2. The topological polar surface area (TPSA) is 115 Å². The maximum Gasteiger partial charge on any atom is 0.341 e. The lowest BCUT2D eigenvalue weighted by Gasteiger charge is -2.13. The predicted octanol–water partition coefficient (Wildman–Crippen LogP) is 7.21. The van der Waals surface area contributed by atoms with Crippen LogP contribution in [-0.2, 0) is 29.0 Å². The lowest BCUT2D eigenvalue weighted by Crippen LogP contribution is -2.33. The summed E-state index contributed by atoms with van der Waals surface area (Å²) in [5.74, 6) is -0.0816. The third-order valence-electron chi connectivity index (χ3n) is 7.26. The van der Waals surface area contributed by atoms with Gasteiger partial charge in [-0.05, 0) is 117 Å². The zero-order chi connectivity index (χ0) is 32.5. The van der Waals surface area contributed by atoms with Crippen molar-refractivity contribution in [3.63, 3.8) is 0 Å². The molecule has 2 amide bonds. The number of hydrogen-bond acceptors (Lipinski definition) is 8. The lowest BCUT2D eigenvalue weighted by molar-refractivity contribution is -0.127. The molecule has 2 N–H and O–H groups in total. The summed E-state index contributed by atoms with van der Waals surface area (Å²) in [6, 6.07) is 21.2. The van der Waals surface area contributed by atoms with Crippen LogP contribution in [0, 0.1) is 0 Å². The van der Waals surface area contributed by atoms with E-state index in [9.17, 15) is 14.4 Å². The summed E-state index contributed by atoms with van der Waals surface area (Å²) in [6.45, 7) is 4.05. The number of esters is 1. The number of nitrogens with one attached hydrogen (secondary N) is 2. The van der Waals surface area contributed by atoms with Gasteiger partial charge in [-0.1, -0.05) is 23.7 Å². The van der Waals surface area contributed by atoms with Crippen molar-refractivity contribution in [3.8, 4) is 11.5 Å². The van der Waals surface area contributed by atoms with Gasteiger partial charge in [0.05, 0.1) is 18.4 Å². The van der Waals surface area contributed by atoms with Crippen LogP contribution in [-0.4, -0.2) is 36.7 Å². The summed E-state index contributed by atoms with van der Waals surface area (Å²) in [6.07, 6.45) is 4.44. The minimum Gasteiger partial charge on any atom is -0.489 e. The number of anilines is 1. The molecule has 1 unspecified atom stereocenters. The van der Waals surface area contributed by atoms with Gasteiger partial charge in [-0.25, -0.2) is 10.2 Å². The van der Waals surface area contributed by atoms with Crippen molar-refractivity contribution in [2.75, 3.05) is 11.9 Å². The summed E-state index contributed by atoms with van der Waals surface area (Å²) < 4.78 is 16.8. The molecule has 46 heavy (non-hydrogen) atoms. The van der Waals surface area contributed by atoms with Crippen molar-refractivity contribution >= 4 is 51.9 Å². The number of carbonyl (C=O) groups is 3. The molecule has 238 valence electrons. The fraction of sp³-hybridized carbons (Fsp3) is 0.257. The zero-order valence-electron chi connectivity index (χ0n) is 25.5. The molecule has 1 atom stereocenters. The average molecular weight is 660 g/mol. The second kappa shape index (κ2) is 15.6. The minimum atomic E-state index is -0.843. The smallest absolute Gasteiger partial charge is 0.341 e. The summed E-state index contributed by atoms with van der Waals surface area (Å²) in [4.78, 5) is 39.4. The molecule has 0 radical (unpaired) electrons. The highest BCUT2D eigenvalue weighted by atomic mass is 35.5. The van der Waals surface area contributed by atoms with Crippen LogP contribution in [0.1, 0.15) is 69.0 Å². The second-order valence-corrected chi connectivity index (χ2v) is 12.1. The number of hydrazone groups is 1. The van der Waals surface area contributed by atoms with E-state index < -0.39 is 18.0 Å². The molecule has 5 rings (SSSR count). The Balaban J connectivity index is 1.10. The molecule has 3 aromatic carbocycles. The predicted molar refractivity (Wildman–Crippen MR) is 179 cm³/mol. The van der Waals surface area contributed by atoms with Crippen molar-refractivity contribution < 1.29 is 28.6 Å². The number of ether oxygens (including phenoxy) is 3. The number of aryl methyl sites for hydroxylation is 1. The molecule has 0 spiro atoms. The average Bonchev–Trinajstić information content (AvgIpc) is 3.43. The van der Waals surface area contributed by atoms with E-state index in [0.29, 0.717) is 39.3 Å². The molecule has 1 heterocycles. The number of carbonyl (C=O) groups excluding carboxylic acids is 3. The van der Waals surface area contributed by atoms with E-state index in [1.165, 1.54) is 17.6 Å². The van der Waals surface area contributed by atoms with Gasteiger partial charge in [0.25, 0.3) is 11.8 Å². The zero-order valence-corrected chi connectivity index (χ0v) is 27.1. The Morgan fingerprint density at radius 2 is 1.65 bits per heavy atom. The van der Waals surface area contributed by atoms with Gasteiger partial charge in [0.15, 0.2) is 6.10 Å². The van der Waals surface area contributed by atoms with Crippen molar-refractivity contribution in [2.45, 2.75) is 52.2 Å². The van der Waals surface area contributed by atoms with Crippen LogP contribution < -0.4 is 20.2 Å². The standard InChI is InChI=1S/C35H34ClN3O6S/c1-3-43-35(42)31-29-6-4-5-7-30(29)46-34(31)38-33(41)25-12-18-28(19-13-25)45-22(2)32(40)39-37-20-23-10-16-27(17-11-23)44-21-24-8-14-26(36)15-9-24/h8-20,22H,3-7,21H2,1-2H3,(H,38,41)(H,39,40). The van der Waals surface area contributed by atoms with Gasteiger partial charge in [0.2, 0.25) is 0 Å². The van der Waals surface area contributed by atoms with Gasteiger partial charge in [0, 0.05) is 15.5 Å². The number of fused-ring (bicyclic) bond motifs is 1. The number of rotatable bonds is 12. The summed E-state index contributed by atoms with van der Waals surface area (Å²) >= 11 is 7.36. The number of hydrogen-bond donors (Lipinski definition) is 2. The van der Waals surface area contributed by atoms with Gasteiger partial charge in [-0.2, -0.15) is 5.10 Å². The van der Waals surface area contributed by atoms with E-state index >= 15 is 0 Å². The van der Waals surface area contributed by atoms with E-state index in [1.807, 2.05) is 48.5 Å². The van der Waals surface area contributed by atoms with Crippen LogP contribution in [0.4, 0.5) is 5.00 Å². The van der Waals surface area contributed by atoms with Gasteiger partial charge < -0.3 is 19.5 Å². The molecule has 0 saturated heterocycles. The molecule has 11 heteroatoms. The molecular weight excluding hydrogens is 626 g/mol. The first-order chi connectivity index (χ1) is 22.3. The first-order valence-electron chi connectivity index (χ1n) is 15.0. The van der Waals surface area contributed by atoms with Crippen LogP contribution in [0.5, 0.6) is 11.5 Å². The summed E-state index contributed by atoms with van der Waals surface area (Å²) in [7, 11) is 0. The Bertz CT molecular complexity index is 1700. The highest BCUT2D eigenvalue weighted by Crippen LogP contribution is 2.39. The Hall–Kier alpha value is -4.67. The number of benzene rings is 3. The molecular formula is C35H34ClN3O6S. The summed E-state index contributed by atoms with van der Waals surface area (Å²) in [5.41, 5.74) is 6.10. The lowest BCUT2D eigenvalue weighted by atomic mass is 9.95. The van der Waals surface area contributed by atoms with E-state index in [1.54, 1.807) is 38.1 Å². The minimum absolute atomic E-state index is 0.262. The first-order valence-corrected chi connectivity index (χ1v) is 16.2. The Morgan fingerprint density at radius 3 is 2.37 bits per heavy atom. The SMILES string of the molecule is CCOC(=O)c1c(NC(=O)c2ccc(OC(C)C(=O)NN=Cc3ccc(OCc4ccc(Cl)cc4)cc3)cc2)sc2c1CCCC2. The van der Waals surface area contributed by atoms with E-state index in [0.717, 1.165) is 47.3 Å². The highest BCUT2D eigenvalue weighted by molar-refractivity contribution is 7.17. The molecule has 0 aliphatic heterocycles. The molecule has 0 fully saturated rings. The van der Waals surface area contributed by atoms with Crippen LogP contribution in [0.3, 0.4) is 0 Å². The van der Waals surface area contributed by atoms with Gasteiger partial charge in [0.1, 0.15) is 23.1 Å². The maximum absolute atomic E-state index is 13.1. The van der Waals surface area contributed by atoms with Gasteiger partial charge in [-0.15, -0.1) is 11.3 Å². The Kier molecular flexibility index (Phi) is 11.1. The normalized spacial score (nSPS) is 13.0. The van der Waals surface area contributed by atoms with Crippen LogP contribution in [0.15, 0.2) is 77.9 Å². The summed E-state index contributed by atoms with van der Waals surface area (Å²) in [5, 5.41) is 8.12. The van der Waals surface area contributed by atoms with Gasteiger partial charge in [-0.3, -0.25) is 9.59 Å².